The molecule has 112 valence electrons. The summed E-state index contributed by atoms with van der Waals surface area (Å²) in [6, 6.07) is 12.3. The predicted molar refractivity (Wildman–Crippen MR) is 86.7 cm³/mol. The summed E-state index contributed by atoms with van der Waals surface area (Å²) >= 11 is 0. The Labute approximate surface area is 126 Å². The molecular weight excluding hydrogens is 262 g/mol. The van der Waals surface area contributed by atoms with Crippen molar-refractivity contribution in [1.29, 1.82) is 0 Å². The fourth-order valence-electron chi connectivity index (χ4n) is 2.09. The van der Waals surface area contributed by atoms with Crippen LogP contribution in [0.4, 0.5) is 5.69 Å². The highest BCUT2D eigenvalue weighted by molar-refractivity contribution is 5.48. The Morgan fingerprint density at radius 2 is 1.90 bits per heavy atom. The summed E-state index contributed by atoms with van der Waals surface area (Å²) in [6.45, 7) is 4.74. The van der Waals surface area contributed by atoms with Gasteiger partial charge in [0, 0.05) is 25.5 Å². The third kappa shape index (κ3) is 4.46. The lowest BCUT2D eigenvalue weighted by Gasteiger charge is -2.19. The highest BCUT2D eigenvalue weighted by Crippen LogP contribution is 2.19. The maximum Gasteiger partial charge on any atom is 0.119 e. The first-order valence-electron chi connectivity index (χ1n) is 7.22. The number of methoxy groups -OCH3 is 1. The number of rotatable bonds is 7. The summed E-state index contributed by atoms with van der Waals surface area (Å²) < 4.78 is 5.18. The molecule has 2 aromatic rings. The van der Waals surface area contributed by atoms with Crippen LogP contribution in [0.5, 0.6) is 5.75 Å². The molecular formula is C17H23N3O. The van der Waals surface area contributed by atoms with Crippen molar-refractivity contribution in [2.45, 2.75) is 20.0 Å². The summed E-state index contributed by atoms with van der Waals surface area (Å²) in [5, 5.41) is 3.30. The molecule has 0 atom stereocenters. The number of hydrogen-bond donors (Lipinski definition) is 1. The third-order valence-electron chi connectivity index (χ3n) is 3.38. The van der Waals surface area contributed by atoms with Gasteiger partial charge in [-0.3, -0.25) is 4.98 Å². The van der Waals surface area contributed by atoms with Gasteiger partial charge in [-0.25, -0.2) is 0 Å². The molecule has 4 nitrogen and oxygen atoms in total. The summed E-state index contributed by atoms with van der Waals surface area (Å²) in [5.41, 5.74) is 3.43. The van der Waals surface area contributed by atoms with Crippen LogP contribution < -0.4 is 15.0 Å². The fraction of sp³-hybridized carbons (Fsp3) is 0.353. The Bertz CT molecular complexity index is 537. The monoisotopic (exact) mass is 285 g/mol. The minimum absolute atomic E-state index is 0.786. The van der Waals surface area contributed by atoms with E-state index in [-0.39, 0.29) is 0 Å². The number of hydrogen-bond acceptors (Lipinski definition) is 4. The van der Waals surface area contributed by atoms with E-state index >= 15 is 0 Å². The predicted octanol–water partition coefficient (Wildman–Crippen LogP) is 2.84. The Balaban J connectivity index is 1.96. The molecule has 0 fully saturated rings. The lowest BCUT2D eigenvalue weighted by Crippen LogP contribution is -2.17. The number of anilines is 1. The van der Waals surface area contributed by atoms with Crippen molar-refractivity contribution in [3.05, 3.63) is 53.9 Å². The van der Waals surface area contributed by atoms with E-state index < -0.39 is 0 Å². The van der Waals surface area contributed by atoms with Gasteiger partial charge in [0.1, 0.15) is 5.75 Å². The van der Waals surface area contributed by atoms with E-state index in [1.165, 1.54) is 5.56 Å². The van der Waals surface area contributed by atoms with Gasteiger partial charge < -0.3 is 15.0 Å². The summed E-state index contributed by atoms with van der Waals surface area (Å²) in [4.78, 5) is 6.70. The zero-order chi connectivity index (χ0) is 15.1. The van der Waals surface area contributed by atoms with Gasteiger partial charge in [-0.2, -0.15) is 0 Å². The van der Waals surface area contributed by atoms with Crippen LogP contribution in [-0.2, 0) is 13.1 Å². The van der Waals surface area contributed by atoms with Crippen LogP contribution >= 0.6 is 0 Å². The largest absolute Gasteiger partial charge is 0.497 e. The van der Waals surface area contributed by atoms with E-state index in [0.717, 1.165) is 36.8 Å². The fourth-order valence-corrected chi connectivity index (χ4v) is 2.09. The van der Waals surface area contributed by atoms with Gasteiger partial charge in [0.15, 0.2) is 0 Å². The molecule has 0 bridgehead atoms. The van der Waals surface area contributed by atoms with E-state index in [0.29, 0.717) is 0 Å². The molecule has 1 N–H and O–H groups in total. The molecule has 21 heavy (non-hydrogen) atoms. The smallest absolute Gasteiger partial charge is 0.119 e. The van der Waals surface area contributed by atoms with E-state index in [1.54, 1.807) is 7.11 Å². The molecule has 0 saturated carbocycles. The quantitative estimate of drug-likeness (QED) is 0.849. The lowest BCUT2D eigenvalue weighted by molar-refractivity contribution is 0.415. The van der Waals surface area contributed by atoms with Crippen LogP contribution in [0.1, 0.15) is 18.2 Å². The summed E-state index contributed by atoms with van der Waals surface area (Å²) in [7, 11) is 3.74. The Hall–Kier alpha value is -2.07. The first-order chi connectivity index (χ1) is 10.2. The average molecular weight is 285 g/mol. The van der Waals surface area contributed by atoms with Gasteiger partial charge in [0.25, 0.3) is 0 Å². The molecule has 0 spiro atoms. The maximum atomic E-state index is 5.18. The van der Waals surface area contributed by atoms with E-state index in [1.807, 2.05) is 18.3 Å². The second-order valence-electron chi connectivity index (χ2n) is 4.99. The summed E-state index contributed by atoms with van der Waals surface area (Å²) in [5.74, 6) is 0.873. The van der Waals surface area contributed by atoms with Gasteiger partial charge in [0.05, 0.1) is 19.3 Å². The lowest BCUT2D eigenvalue weighted by atomic mass is 10.2. The molecule has 4 heteroatoms. The molecule has 0 aliphatic carbocycles. The first-order valence-corrected chi connectivity index (χ1v) is 7.22. The minimum atomic E-state index is 0.786. The number of pyridine rings is 1. The number of aromatic nitrogens is 1. The molecule has 0 amide bonds. The minimum Gasteiger partial charge on any atom is -0.497 e. The molecule has 0 aliphatic rings. The molecule has 0 unspecified atom stereocenters. The molecule has 1 aromatic carbocycles. The Morgan fingerprint density at radius 1 is 1.14 bits per heavy atom. The van der Waals surface area contributed by atoms with Gasteiger partial charge in [-0.05, 0) is 42.4 Å². The number of ether oxygens (including phenoxy) is 1. The van der Waals surface area contributed by atoms with Crippen LogP contribution in [-0.4, -0.2) is 25.7 Å². The SMILES string of the molecule is CCNCc1ccc(CN(C)c2ccc(OC)cc2)nc1. The molecule has 0 radical (unpaired) electrons. The molecule has 0 aliphatic heterocycles. The normalized spacial score (nSPS) is 10.4. The zero-order valence-corrected chi connectivity index (χ0v) is 13.0. The topological polar surface area (TPSA) is 37.4 Å². The van der Waals surface area contributed by atoms with Crippen molar-refractivity contribution in [3.8, 4) is 5.75 Å². The highest BCUT2D eigenvalue weighted by atomic mass is 16.5. The van der Waals surface area contributed by atoms with Gasteiger partial charge in [0.2, 0.25) is 0 Å². The molecule has 2 rings (SSSR count). The Kier molecular flexibility index (Phi) is 5.58. The van der Waals surface area contributed by atoms with Crippen molar-refractivity contribution in [1.82, 2.24) is 10.3 Å². The number of nitrogens with zero attached hydrogens (tertiary/aromatic N) is 2. The standard InChI is InChI=1S/C17H23N3O/c1-4-18-11-14-5-6-15(19-12-14)13-20(2)16-7-9-17(21-3)10-8-16/h5-10,12,18H,4,11,13H2,1-3H3. The van der Waals surface area contributed by atoms with Crippen molar-refractivity contribution in [3.63, 3.8) is 0 Å². The molecule has 1 heterocycles. The molecule has 1 aromatic heterocycles. The van der Waals surface area contributed by atoms with Crippen molar-refractivity contribution in [2.75, 3.05) is 25.6 Å². The van der Waals surface area contributed by atoms with Crippen LogP contribution in [0.25, 0.3) is 0 Å². The van der Waals surface area contributed by atoms with Gasteiger partial charge >= 0.3 is 0 Å². The number of nitrogens with one attached hydrogen (secondary N) is 1. The number of benzene rings is 1. The van der Waals surface area contributed by atoms with Gasteiger partial charge in [-0.15, -0.1) is 0 Å². The van der Waals surface area contributed by atoms with Crippen LogP contribution in [0.15, 0.2) is 42.6 Å². The van der Waals surface area contributed by atoms with Gasteiger partial charge in [-0.1, -0.05) is 13.0 Å². The van der Waals surface area contributed by atoms with Crippen LogP contribution in [0.2, 0.25) is 0 Å². The average Bonchev–Trinajstić information content (AvgIpc) is 2.54. The van der Waals surface area contributed by atoms with E-state index in [9.17, 15) is 0 Å². The summed E-state index contributed by atoms with van der Waals surface area (Å²) in [6.07, 6.45) is 1.94. The van der Waals surface area contributed by atoms with Crippen molar-refractivity contribution >= 4 is 5.69 Å². The first kappa shape index (κ1) is 15.3. The van der Waals surface area contributed by atoms with Crippen LogP contribution in [0, 0.1) is 0 Å². The second kappa shape index (κ2) is 7.64. The zero-order valence-electron chi connectivity index (χ0n) is 13.0. The maximum absolute atomic E-state index is 5.18. The highest BCUT2D eigenvalue weighted by Gasteiger charge is 2.04. The van der Waals surface area contributed by atoms with E-state index in [4.69, 9.17) is 4.74 Å². The third-order valence-corrected chi connectivity index (χ3v) is 3.38. The van der Waals surface area contributed by atoms with Crippen molar-refractivity contribution < 1.29 is 4.74 Å². The molecule has 0 saturated heterocycles. The van der Waals surface area contributed by atoms with Crippen molar-refractivity contribution in [2.24, 2.45) is 0 Å². The Morgan fingerprint density at radius 3 is 2.48 bits per heavy atom. The van der Waals surface area contributed by atoms with E-state index in [2.05, 4.69) is 53.4 Å². The second-order valence-corrected chi connectivity index (χ2v) is 4.99. The van der Waals surface area contributed by atoms with Crippen LogP contribution in [0.3, 0.4) is 0 Å².